The molecule has 0 aliphatic heterocycles. The van der Waals surface area contributed by atoms with Crippen LogP contribution in [0.3, 0.4) is 0 Å². The minimum absolute atomic E-state index is 0.0275. The molecule has 132 valence electrons. The lowest BCUT2D eigenvalue weighted by Gasteiger charge is -2.08. The molecular weight excluding hydrogens is 330 g/mol. The molecule has 1 amide bonds. The maximum Gasteiger partial charge on any atom is 0.270 e. The van der Waals surface area contributed by atoms with Gasteiger partial charge in [0.15, 0.2) is 0 Å². The van der Waals surface area contributed by atoms with Gasteiger partial charge in [0.2, 0.25) is 0 Å². The second-order valence-electron chi connectivity index (χ2n) is 6.42. The number of aryl methyl sites for hydroxylation is 2. The molecule has 1 aliphatic rings. The fraction of sp³-hybridized carbons (Fsp3) is 0.316. The van der Waals surface area contributed by atoms with E-state index in [1.165, 1.54) is 16.2 Å². The van der Waals surface area contributed by atoms with Gasteiger partial charge in [-0.15, -0.1) is 0 Å². The van der Waals surface area contributed by atoms with Crippen LogP contribution in [-0.2, 0) is 19.3 Å². The summed E-state index contributed by atoms with van der Waals surface area (Å²) in [5, 5.41) is 2.77. The Morgan fingerprint density at radius 1 is 1.27 bits per heavy atom. The quantitative estimate of drug-likeness (QED) is 0.766. The zero-order chi connectivity index (χ0) is 18.1. The summed E-state index contributed by atoms with van der Waals surface area (Å²) in [6.07, 6.45) is 6.63. The SMILES string of the molecule is Cc1nc(CCNC(=O)c2cnc3ccccn3c2=O)nc2c1CCC2. The zero-order valence-corrected chi connectivity index (χ0v) is 14.5. The van der Waals surface area contributed by atoms with Gasteiger partial charge in [-0.3, -0.25) is 14.0 Å². The Morgan fingerprint density at radius 2 is 2.15 bits per heavy atom. The van der Waals surface area contributed by atoms with Gasteiger partial charge in [0.25, 0.3) is 11.5 Å². The lowest BCUT2D eigenvalue weighted by Crippen LogP contribution is -2.33. The summed E-state index contributed by atoms with van der Waals surface area (Å²) in [7, 11) is 0. The Kier molecular flexibility index (Phi) is 4.20. The fourth-order valence-corrected chi connectivity index (χ4v) is 3.36. The Bertz CT molecular complexity index is 1060. The molecule has 1 aliphatic carbocycles. The van der Waals surface area contributed by atoms with Gasteiger partial charge < -0.3 is 5.32 Å². The van der Waals surface area contributed by atoms with E-state index >= 15 is 0 Å². The number of rotatable bonds is 4. The standard InChI is InChI=1S/C19H19N5O2/c1-12-13-5-4-6-15(13)23-16(22-12)8-9-20-18(25)14-11-21-17-7-2-3-10-24(17)19(14)26/h2-3,7,10-11H,4-6,8-9H2,1H3,(H,20,25). The first-order valence-electron chi connectivity index (χ1n) is 8.73. The van der Waals surface area contributed by atoms with Gasteiger partial charge in [-0.05, 0) is 43.9 Å². The van der Waals surface area contributed by atoms with E-state index in [-0.39, 0.29) is 11.1 Å². The van der Waals surface area contributed by atoms with Gasteiger partial charge in [0.1, 0.15) is 17.0 Å². The molecule has 3 aromatic heterocycles. The molecule has 0 saturated heterocycles. The van der Waals surface area contributed by atoms with E-state index < -0.39 is 5.91 Å². The van der Waals surface area contributed by atoms with Crippen molar-refractivity contribution in [1.29, 1.82) is 0 Å². The molecule has 1 N–H and O–H groups in total. The summed E-state index contributed by atoms with van der Waals surface area (Å²) < 4.78 is 1.36. The number of carbonyl (C=O) groups excluding carboxylic acids is 1. The van der Waals surface area contributed by atoms with Crippen LogP contribution in [0.1, 0.15) is 39.6 Å². The van der Waals surface area contributed by atoms with Crippen molar-refractivity contribution >= 4 is 11.6 Å². The molecule has 0 bridgehead atoms. The molecule has 3 heterocycles. The average Bonchev–Trinajstić information content (AvgIpc) is 3.11. The van der Waals surface area contributed by atoms with E-state index in [9.17, 15) is 9.59 Å². The third-order valence-corrected chi connectivity index (χ3v) is 4.68. The molecule has 0 spiro atoms. The van der Waals surface area contributed by atoms with Crippen LogP contribution in [0, 0.1) is 6.92 Å². The number of aromatic nitrogens is 4. The van der Waals surface area contributed by atoms with E-state index in [1.54, 1.807) is 24.4 Å². The van der Waals surface area contributed by atoms with Crippen LogP contribution in [0.5, 0.6) is 0 Å². The Morgan fingerprint density at radius 3 is 3.04 bits per heavy atom. The van der Waals surface area contributed by atoms with Gasteiger partial charge in [-0.1, -0.05) is 6.07 Å². The summed E-state index contributed by atoms with van der Waals surface area (Å²) in [5.74, 6) is 0.301. The van der Waals surface area contributed by atoms with Crippen molar-refractivity contribution in [3.8, 4) is 0 Å². The summed E-state index contributed by atoms with van der Waals surface area (Å²) in [6.45, 7) is 2.38. The minimum atomic E-state index is -0.432. The first kappa shape index (κ1) is 16.4. The van der Waals surface area contributed by atoms with Crippen LogP contribution in [0.2, 0.25) is 0 Å². The molecule has 3 aromatic rings. The van der Waals surface area contributed by atoms with Crippen molar-refractivity contribution in [3.05, 3.63) is 69.3 Å². The van der Waals surface area contributed by atoms with E-state index in [2.05, 4.69) is 20.3 Å². The molecule has 4 rings (SSSR count). The second kappa shape index (κ2) is 6.67. The van der Waals surface area contributed by atoms with Gasteiger partial charge in [-0.25, -0.2) is 15.0 Å². The molecule has 7 heteroatoms. The van der Waals surface area contributed by atoms with Crippen LogP contribution in [-0.4, -0.2) is 31.8 Å². The lowest BCUT2D eigenvalue weighted by atomic mass is 10.2. The van der Waals surface area contributed by atoms with E-state index in [1.807, 2.05) is 6.92 Å². The normalized spacial score (nSPS) is 13.0. The van der Waals surface area contributed by atoms with E-state index in [0.717, 1.165) is 36.5 Å². The second-order valence-corrected chi connectivity index (χ2v) is 6.42. The molecule has 0 fully saturated rings. The average molecular weight is 349 g/mol. The third kappa shape index (κ3) is 2.96. The number of hydrogen-bond acceptors (Lipinski definition) is 5. The van der Waals surface area contributed by atoms with Crippen LogP contribution in [0.4, 0.5) is 0 Å². The number of carbonyl (C=O) groups is 1. The van der Waals surface area contributed by atoms with Crippen LogP contribution in [0.15, 0.2) is 35.4 Å². The molecule has 0 saturated carbocycles. The Hall–Kier alpha value is -3.09. The fourth-order valence-electron chi connectivity index (χ4n) is 3.36. The largest absolute Gasteiger partial charge is 0.351 e. The third-order valence-electron chi connectivity index (χ3n) is 4.68. The molecule has 7 nitrogen and oxygen atoms in total. The highest BCUT2D eigenvalue weighted by molar-refractivity contribution is 5.93. The van der Waals surface area contributed by atoms with Crippen molar-refractivity contribution in [2.24, 2.45) is 0 Å². The van der Waals surface area contributed by atoms with E-state index in [4.69, 9.17) is 0 Å². The molecule has 0 aromatic carbocycles. The summed E-state index contributed by atoms with van der Waals surface area (Å²) in [5.41, 5.74) is 3.60. The molecule has 26 heavy (non-hydrogen) atoms. The van der Waals surface area contributed by atoms with Crippen LogP contribution in [0.25, 0.3) is 5.65 Å². The van der Waals surface area contributed by atoms with E-state index in [0.29, 0.717) is 18.6 Å². The van der Waals surface area contributed by atoms with Crippen molar-refractivity contribution in [2.45, 2.75) is 32.6 Å². The van der Waals surface area contributed by atoms with Crippen molar-refractivity contribution < 1.29 is 4.79 Å². The topological polar surface area (TPSA) is 89.3 Å². The Balaban J connectivity index is 1.46. The van der Waals surface area contributed by atoms with Crippen molar-refractivity contribution in [2.75, 3.05) is 6.54 Å². The highest BCUT2D eigenvalue weighted by Gasteiger charge is 2.17. The maximum atomic E-state index is 12.4. The summed E-state index contributed by atoms with van der Waals surface area (Å²) in [6, 6.07) is 5.24. The van der Waals surface area contributed by atoms with Crippen molar-refractivity contribution in [1.82, 2.24) is 24.7 Å². The van der Waals surface area contributed by atoms with Crippen LogP contribution < -0.4 is 10.9 Å². The molecular formula is C19H19N5O2. The predicted molar refractivity (Wildman–Crippen MR) is 96.3 cm³/mol. The first-order valence-corrected chi connectivity index (χ1v) is 8.73. The number of pyridine rings is 1. The number of nitrogens with zero attached hydrogens (tertiary/aromatic N) is 4. The monoisotopic (exact) mass is 349 g/mol. The highest BCUT2D eigenvalue weighted by Crippen LogP contribution is 2.22. The number of amides is 1. The first-order chi connectivity index (χ1) is 12.6. The Labute approximate surface area is 150 Å². The van der Waals surface area contributed by atoms with Crippen molar-refractivity contribution in [3.63, 3.8) is 0 Å². The lowest BCUT2D eigenvalue weighted by molar-refractivity contribution is 0.0952. The minimum Gasteiger partial charge on any atom is -0.351 e. The van der Waals surface area contributed by atoms with Gasteiger partial charge in [-0.2, -0.15) is 0 Å². The zero-order valence-electron chi connectivity index (χ0n) is 14.5. The maximum absolute atomic E-state index is 12.4. The number of nitrogens with one attached hydrogen (secondary N) is 1. The molecule has 0 unspecified atom stereocenters. The summed E-state index contributed by atoms with van der Waals surface area (Å²) >= 11 is 0. The van der Waals surface area contributed by atoms with Gasteiger partial charge >= 0.3 is 0 Å². The highest BCUT2D eigenvalue weighted by atomic mass is 16.2. The van der Waals surface area contributed by atoms with Crippen LogP contribution >= 0.6 is 0 Å². The molecule has 0 radical (unpaired) electrons. The number of fused-ring (bicyclic) bond motifs is 2. The number of hydrogen-bond donors (Lipinski definition) is 1. The smallest absolute Gasteiger partial charge is 0.270 e. The predicted octanol–water partition coefficient (Wildman–Crippen LogP) is 1.25. The van der Waals surface area contributed by atoms with Gasteiger partial charge in [0, 0.05) is 36.7 Å². The molecule has 0 atom stereocenters. The van der Waals surface area contributed by atoms with Gasteiger partial charge in [0.05, 0.1) is 0 Å². The summed E-state index contributed by atoms with van der Waals surface area (Å²) in [4.78, 5) is 38.1.